The number of nitrogens with one attached hydrogen (secondary N) is 3. The summed E-state index contributed by atoms with van der Waals surface area (Å²) >= 11 is 0. The maximum atomic E-state index is 13.3. The van der Waals surface area contributed by atoms with E-state index in [-0.39, 0.29) is 38.5 Å². The zero-order valence-corrected chi connectivity index (χ0v) is 23.6. The summed E-state index contributed by atoms with van der Waals surface area (Å²) in [5.41, 5.74) is 1.96. The molecule has 0 aliphatic rings. The van der Waals surface area contributed by atoms with E-state index in [9.17, 15) is 24.0 Å². The van der Waals surface area contributed by atoms with E-state index in [1.807, 2.05) is 32.0 Å². The average Bonchev–Trinajstić information content (AvgIpc) is 2.96. The van der Waals surface area contributed by atoms with E-state index in [4.69, 9.17) is 5.11 Å². The van der Waals surface area contributed by atoms with E-state index < -0.39 is 29.7 Å². The number of anilines is 3. The minimum absolute atomic E-state index is 0.0337. The number of carboxylic acid groups (broad SMARTS) is 1. The normalized spacial score (nSPS) is 10.5. The van der Waals surface area contributed by atoms with Crippen molar-refractivity contribution >= 4 is 46.8 Å². The van der Waals surface area contributed by atoms with Crippen molar-refractivity contribution in [3.05, 3.63) is 90.5 Å². The fourth-order valence-electron chi connectivity index (χ4n) is 4.03. The Morgan fingerprint density at radius 2 is 1.21 bits per heavy atom. The van der Waals surface area contributed by atoms with Gasteiger partial charge in [0.15, 0.2) is 0 Å². The van der Waals surface area contributed by atoms with Crippen molar-refractivity contribution < 1.29 is 29.1 Å². The first kappa shape index (κ1) is 31.3. The van der Waals surface area contributed by atoms with Gasteiger partial charge in [-0.2, -0.15) is 0 Å². The van der Waals surface area contributed by atoms with E-state index in [0.717, 1.165) is 0 Å². The molecule has 11 nitrogen and oxygen atoms in total. The van der Waals surface area contributed by atoms with Gasteiger partial charge in [-0.15, -0.1) is 0 Å². The zero-order valence-electron chi connectivity index (χ0n) is 23.6. The van der Waals surface area contributed by atoms with Crippen LogP contribution in [0, 0.1) is 5.92 Å². The summed E-state index contributed by atoms with van der Waals surface area (Å²) in [7, 11) is 0. The summed E-state index contributed by atoms with van der Waals surface area (Å²) in [5.74, 6) is -2.45. The van der Waals surface area contributed by atoms with Crippen molar-refractivity contribution in [3.8, 4) is 0 Å². The number of rotatable bonds is 13. The third-order valence-corrected chi connectivity index (χ3v) is 5.96. The zero-order chi connectivity index (χ0) is 30.5. The Bertz CT molecular complexity index is 1360. The van der Waals surface area contributed by atoms with Gasteiger partial charge in [0, 0.05) is 35.7 Å². The van der Waals surface area contributed by atoms with Gasteiger partial charge in [0.1, 0.15) is 6.54 Å². The van der Waals surface area contributed by atoms with Crippen molar-refractivity contribution in [2.24, 2.45) is 5.92 Å². The molecule has 0 saturated heterocycles. The molecule has 3 aromatic carbocycles. The molecular formula is C31H35N5O6. The minimum Gasteiger partial charge on any atom is -0.481 e. The van der Waals surface area contributed by atoms with Crippen LogP contribution in [-0.2, 0) is 14.4 Å². The topological polar surface area (TPSA) is 148 Å². The molecule has 0 radical (unpaired) electrons. The van der Waals surface area contributed by atoms with Crippen LogP contribution in [0.1, 0.15) is 30.6 Å². The van der Waals surface area contributed by atoms with Crippen molar-refractivity contribution in [2.45, 2.75) is 20.3 Å². The maximum absolute atomic E-state index is 13.3. The van der Waals surface area contributed by atoms with Crippen LogP contribution in [0.2, 0.25) is 0 Å². The SMILES string of the molecule is CC(C)CN(CC(=O)Nc1ccc(NC(=O)Nc2ccccc2)cc1)C(=O)CN(CCC(=O)O)C(=O)c1ccccc1. The van der Waals surface area contributed by atoms with Crippen LogP contribution in [0.3, 0.4) is 0 Å². The summed E-state index contributed by atoms with van der Waals surface area (Å²) in [5, 5.41) is 17.3. The second-order valence-corrected chi connectivity index (χ2v) is 9.98. The molecule has 42 heavy (non-hydrogen) atoms. The van der Waals surface area contributed by atoms with E-state index in [0.29, 0.717) is 22.6 Å². The first-order valence-electron chi connectivity index (χ1n) is 13.5. The number of amides is 5. The summed E-state index contributed by atoms with van der Waals surface area (Å²) in [6.45, 7) is 3.28. The van der Waals surface area contributed by atoms with Crippen LogP contribution >= 0.6 is 0 Å². The number of aliphatic carboxylic acids is 1. The number of nitrogens with zero attached hydrogens (tertiary/aromatic N) is 2. The highest BCUT2D eigenvalue weighted by Crippen LogP contribution is 2.15. The van der Waals surface area contributed by atoms with Crippen molar-refractivity contribution in [2.75, 3.05) is 42.1 Å². The lowest BCUT2D eigenvalue weighted by Crippen LogP contribution is -2.47. The predicted molar refractivity (Wildman–Crippen MR) is 160 cm³/mol. The number of carbonyl (C=O) groups is 5. The van der Waals surface area contributed by atoms with Gasteiger partial charge < -0.3 is 30.9 Å². The third kappa shape index (κ3) is 10.4. The Kier molecular flexibility index (Phi) is 11.6. The smallest absolute Gasteiger partial charge is 0.323 e. The first-order valence-corrected chi connectivity index (χ1v) is 13.5. The highest BCUT2D eigenvalue weighted by atomic mass is 16.4. The quantitative estimate of drug-likeness (QED) is 0.239. The molecule has 0 bridgehead atoms. The Morgan fingerprint density at radius 1 is 0.690 bits per heavy atom. The molecule has 0 unspecified atom stereocenters. The summed E-state index contributed by atoms with van der Waals surface area (Å²) < 4.78 is 0. The lowest BCUT2D eigenvalue weighted by atomic mass is 10.1. The number of hydrogen-bond acceptors (Lipinski definition) is 5. The number of urea groups is 1. The lowest BCUT2D eigenvalue weighted by Gasteiger charge is -2.28. The van der Waals surface area contributed by atoms with Crippen LogP contribution in [-0.4, -0.2) is 70.8 Å². The molecule has 4 N–H and O–H groups in total. The molecule has 11 heteroatoms. The number of benzene rings is 3. The molecule has 0 aromatic heterocycles. The molecule has 220 valence electrons. The minimum atomic E-state index is -1.09. The monoisotopic (exact) mass is 573 g/mol. The van der Waals surface area contributed by atoms with E-state index in [1.54, 1.807) is 66.7 Å². The van der Waals surface area contributed by atoms with Gasteiger partial charge in [-0.25, -0.2) is 4.79 Å². The van der Waals surface area contributed by atoms with E-state index in [2.05, 4.69) is 16.0 Å². The van der Waals surface area contributed by atoms with E-state index >= 15 is 0 Å². The van der Waals surface area contributed by atoms with Gasteiger partial charge in [0.2, 0.25) is 11.8 Å². The highest BCUT2D eigenvalue weighted by Gasteiger charge is 2.25. The molecule has 0 atom stereocenters. The number of carbonyl (C=O) groups excluding carboxylic acids is 4. The summed E-state index contributed by atoms with van der Waals surface area (Å²) in [6, 6.07) is 23.4. The number of hydrogen-bond donors (Lipinski definition) is 4. The third-order valence-electron chi connectivity index (χ3n) is 5.96. The Balaban J connectivity index is 1.61. The van der Waals surface area contributed by atoms with Crippen LogP contribution < -0.4 is 16.0 Å². The molecule has 3 rings (SSSR count). The molecule has 3 aromatic rings. The fraction of sp³-hybridized carbons (Fsp3) is 0.258. The summed E-state index contributed by atoms with van der Waals surface area (Å²) in [4.78, 5) is 65.2. The molecule has 0 spiro atoms. The van der Waals surface area contributed by atoms with Crippen molar-refractivity contribution in [1.82, 2.24) is 9.80 Å². The lowest BCUT2D eigenvalue weighted by molar-refractivity contribution is -0.138. The van der Waals surface area contributed by atoms with Crippen LogP contribution in [0.5, 0.6) is 0 Å². The van der Waals surface area contributed by atoms with Gasteiger partial charge >= 0.3 is 12.0 Å². The molecule has 0 heterocycles. The average molecular weight is 574 g/mol. The first-order chi connectivity index (χ1) is 20.1. The second-order valence-electron chi connectivity index (χ2n) is 9.98. The molecule has 0 saturated carbocycles. The highest BCUT2D eigenvalue weighted by molar-refractivity contribution is 6.00. The van der Waals surface area contributed by atoms with Crippen LogP contribution in [0.25, 0.3) is 0 Å². The van der Waals surface area contributed by atoms with Gasteiger partial charge in [0.25, 0.3) is 5.91 Å². The molecular weight excluding hydrogens is 538 g/mol. The van der Waals surface area contributed by atoms with Gasteiger partial charge in [-0.3, -0.25) is 19.2 Å². The molecule has 0 fully saturated rings. The van der Waals surface area contributed by atoms with Gasteiger partial charge in [0.05, 0.1) is 13.0 Å². The number of para-hydroxylation sites is 1. The van der Waals surface area contributed by atoms with Crippen LogP contribution in [0.4, 0.5) is 21.9 Å². The molecule has 0 aliphatic heterocycles. The largest absolute Gasteiger partial charge is 0.481 e. The predicted octanol–water partition coefficient (Wildman–Crippen LogP) is 4.37. The fourth-order valence-corrected chi connectivity index (χ4v) is 4.03. The number of carboxylic acids is 1. The maximum Gasteiger partial charge on any atom is 0.323 e. The molecule has 0 aliphatic carbocycles. The molecule has 5 amide bonds. The van der Waals surface area contributed by atoms with Crippen LogP contribution in [0.15, 0.2) is 84.9 Å². The van der Waals surface area contributed by atoms with Gasteiger partial charge in [-0.05, 0) is 54.4 Å². The Morgan fingerprint density at radius 3 is 1.76 bits per heavy atom. The standard InChI is InChI=1S/C31H35N5O6/c1-22(2)19-36(28(38)21-35(18-17-29(39)40)30(41)23-9-5-3-6-10-23)20-27(37)32-25-13-15-26(16-14-25)34-31(42)33-24-11-7-4-8-12-24/h3-16,22H,17-21H2,1-2H3,(H,32,37)(H,39,40)(H2,33,34,42). The van der Waals surface area contributed by atoms with Gasteiger partial charge in [-0.1, -0.05) is 50.2 Å². The van der Waals surface area contributed by atoms with Crippen molar-refractivity contribution in [3.63, 3.8) is 0 Å². The Hall–Kier alpha value is -5.19. The van der Waals surface area contributed by atoms with Crippen molar-refractivity contribution in [1.29, 1.82) is 0 Å². The Labute approximate surface area is 244 Å². The second kappa shape index (κ2) is 15.6. The summed E-state index contributed by atoms with van der Waals surface area (Å²) in [6.07, 6.45) is -0.324. The van der Waals surface area contributed by atoms with E-state index in [1.165, 1.54) is 9.80 Å².